The van der Waals surface area contributed by atoms with Gasteiger partial charge < -0.3 is 9.64 Å². The van der Waals surface area contributed by atoms with Crippen LogP contribution in [0.3, 0.4) is 0 Å². The topological polar surface area (TPSA) is 72.7 Å². The lowest BCUT2D eigenvalue weighted by Crippen LogP contribution is -2.22. The molecule has 0 radical (unpaired) electrons. The highest BCUT2D eigenvalue weighted by molar-refractivity contribution is 5.70. The van der Waals surface area contributed by atoms with Crippen LogP contribution < -0.4 is 0 Å². The Bertz CT molecular complexity index is 446. The fourth-order valence-electron chi connectivity index (χ4n) is 1.66. The van der Waals surface area contributed by atoms with Crippen molar-refractivity contribution in [3.8, 4) is 0 Å². The van der Waals surface area contributed by atoms with Crippen LogP contribution in [0.1, 0.15) is 11.6 Å². The lowest BCUT2D eigenvalue weighted by molar-refractivity contribution is -0.384. The molecule has 6 nitrogen and oxygen atoms in total. The van der Waals surface area contributed by atoms with Crippen LogP contribution in [0.25, 0.3) is 0 Å². The number of hydrogen-bond acceptors (Lipinski definition) is 4. The zero-order chi connectivity index (χ0) is 11.7. The molecule has 0 bridgehead atoms. The molecule has 2 rings (SSSR count). The average molecular weight is 222 g/mol. The molecule has 84 valence electrons. The minimum atomic E-state index is -0.457. The number of likely N-dealkylation sites (N-methyl/N-ethyl adjacent to an activating group) is 1. The van der Waals surface area contributed by atoms with Crippen molar-refractivity contribution in [3.05, 3.63) is 39.9 Å². The van der Waals surface area contributed by atoms with Gasteiger partial charge in [-0.15, -0.1) is 0 Å². The highest BCUT2D eigenvalue weighted by atomic mass is 16.6. The smallest absolute Gasteiger partial charge is 0.410 e. The molecule has 1 unspecified atom stereocenters. The Morgan fingerprint density at radius 1 is 1.56 bits per heavy atom. The second-order valence-electron chi connectivity index (χ2n) is 3.56. The molecule has 1 saturated heterocycles. The Balaban J connectivity index is 2.31. The van der Waals surface area contributed by atoms with Crippen LogP contribution in [0.2, 0.25) is 0 Å². The third-order valence-corrected chi connectivity index (χ3v) is 2.59. The predicted octanol–water partition coefficient (Wildman–Crippen LogP) is 1.72. The zero-order valence-electron chi connectivity index (χ0n) is 8.62. The summed E-state index contributed by atoms with van der Waals surface area (Å²) < 4.78 is 4.85. The van der Waals surface area contributed by atoms with Gasteiger partial charge in [0.05, 0.1) is 11.0 Å². The van der Waals surface area contributed by atoms with E-state index in [0.29, 0.717) is 5.56 Å². The summed E-state index contributed by atoms with van der Waals surface area (Å²) in [5.41, 5.74) is 0.729. The van der Waals surface area contributed by atoms with Crippen molar-refractivity contribution < 1.29 is 14.5 Å². The molecule has 1 aliphatic rings. The van der Waals surface area contributed by atoms with E-state index < -0.39 is 11.0 Å². The summed E-state index contributed by atoms with van der Waals surface area (Å²) in [6, 6.07) is 5.98. The van der Waals surface area contributed by atoms with Crippen LogP contribution in [0.5, 0.6) is 0 Å². The van der Waals surface area contributed by atoms with Gasteiger partial charge in [-0.3, -0.25) is 10.1 Å². The lowest BCUT2D eigenvalue weighted by atomic mass is 10.1. The van der Waals surface area contributed by atoms with Crippen molar-refractivity contribution >= 4 is 11.8 Å². The van der Waals surface area contributed by atoms with Crippen LogP contribution >= 0.6 is 0 Å². The van der Waals surface area contributed by atoms with Crippen LogP contribution in [-0.4, -0.2) is 29.6 Å². The molecule has 1 heterocycles. The van der Waals surface area contributed by atoms with Crippen molar-refractivity contribution in [1.82, 2.24) is 4.90 Å². The highest BCUT2D eigenvalue weighted by Crippen LogP contribution is 2.27. The van der Waals surface area contributed by atoms with Gasteiger partial charge in [-0.1, -0.05) is 12.1 Å². The molecule has 1 aliphatic heterocycles. The number of benzene rings is 1. The number of nitro benzene ring substituents is 1. The summed E-state index contributed by atoms with van der Waals surface area (Å²) in [6.07, 6.45) is -0.406. The van der Waals surface area contributed by atoms with E-state index in [2.05, 4.69) is 0 Å². The molecule has 1 fully saturated rings. The van der Waals surface area contributed by atoms with E-state index in [1.54, 1.807) is 19.2 Å². The molecule has 0 aliphatic carbocycles. The molecule has 6 heteroatoms. The molecule has 1 atom stereocenters. The van der Waals surface area contributed by atoms with Crippen LogP contribution in [0.4, 0.5) is 10.5 Å². The number of nitro groups is 1. The van der Waals surface area contributed by atoms with Crippen LogP contribution in [0, 0.1) is 10.1 Å². The number of hydrogen-bond donors (Lipinski definition) is 0. The molecular formula is C10H10N2O4. The summed E-state index contributed by atoms with van der Waals surface area (Å²) in [4.78, 5) is 22.7. The van der Waals surface area contributed by atoms with Gasteiger partial charge in [-0.2, -0.15) is 0 Å². The maximum atomic E-state index is 11.1. The van der Waals surface area contributed by atoms with E-state index in [4.69, 9.17) is 4.74 Å². The molecule has 0 N–H and O–H groups in total. The lowest BCUT2D eigenvalue weighted by Gasteiger charge is -2.15. The Morgan fingerprint density at radius 3 is 2.88 bits per heavy atom. The van der Waals surface area contributed by atoms with Gasteiger partial charge >= 0.3 is 6.09 Å². The number of non-ortho nitro benzene ring substituents is 1. The van der Waals surface area contributed by atoms with Gasteiger partial charge in [-0.25, -0.2) is 4.79 Å². The highest BCUT2D eigenvalue weighted by Gasteiger charge is 2.31. The fraction of sp³-hybridized carbons (Fsp3) is 0.300. The number of carbonyl (C=O) groups is 1. The van der Waals surface area contributed by atoms with Gasteiger partial charge in [0.25, 0.3) is 5.69 Å². The van der Waals surface area contributed by atoms with Gasteiger partial charge in [0.1, 0.15) is 6.61 Å². The largest absolute Gasteiger partial charge is 0.447 e. The molecule has 0 spiro atoms. The van der Waals surface area contributed by atoms with Crippen molar-refractivity contribution in [2.75, 3.05) is 13.7 Å². The first-order valence-electron chi connectivity index (χ1n) is 4.73. The first kappa shape index (κ1) is 10.4. The maximum absolute atomic E-state index is 11.1. The summed E-state index contributed by atoms with van der Waals surface area (Å²) >= 11 is 0. The SMILES string of the molecule is CN1C(=O)OCC1c1cccc([N+](=O)[O-])c1. The normalized spacial score (nSPS) is 19.7. The minimum absolute atomic E-state index is 0.0187. The molecule has 0 saturated carbocycles. The molecule has 0 aromatic heterocycles. The van der Waals surface area contributed by atoms with Crippen molar-refractivity contribution in [2.45, 2.75) is 6.04 Å². The predicted molar refractivity (Wildman–Crippen MR) is 54.9 cm³/mol. The van der Waals surface area contributed by atoms with Crippen molar-refractivity contribution in [1.29, 1.82) is 0 Å². The van der Waals surface area contributed by atoms with E-state index >= 15 is 0 Å². The van der Waals surface area contributed by atoms with Gasteiger partial charge in [0.2, 0.25) is 0 Å². The average Bonchev–Trinajstić information content (AvgIpc) is 2.60. The third-order valence-electron chi connectivity index (χ3n) is 2.59. The number of carbonyl (C=O) groups excluding carboxylic acids is 1. The zero-order valence-corrected chi connectivity index (χ0v) is 8.62. The van der Waals surface area contributed by atoms with Crippen LogP contribution in [0.15, 0.2) is 24.3 Å². The van der Waals surface area contributed by atoms with Crippen LogP contribution in [-0.2, 0) is 4.74 Å². The van der Waals surface area contributed by atoms with E-state index in [0.717, 1.165) is 0 Å². The van der Waals surface area contributed by atoms with E-state index in [1.807, 2.05) is 0 Å². The Kier molecular flexibility index (Phi) is 2.47. The third kappa shape index (κ3) is 1.69. The number of ether oxygens (including phenoxy) is 1. The molecule has 1 aromatic carbocycles. The first-order chi connectivity index (χ1) is 7.59. The Labute approximate surface area is 91.6 Å². The molecule has 16 heavy (non-hydrogen) atoms. The molecule has 1 amide bonds. The first-order valence-corrected chi connectivity index (χ1v) is 4.73. The Hall–Kier alpha value is -2.11. The van der Waals surface area contributed by atoms with Gasteiger partial charge in [0.15, 0.2) is 0 Å². The van der Waals surface area contributed by atoms with Gasteiger partial charge in [-0.05, 0) is 5.56 Å². The maximum Gasteiger partial charge on any atom is 0.410 e. The van der Waals surface area contributed by atoms with Crippen molar-refractivity contribution in [3.63, 3.8) is 0 Å². The minimum Gasteiger partial charge on any atom is -0.447 e. The monoisotopic (exact) mass is 222 g/mol. The molecular weight excluding hydrogens is 212 g/mol. The van der Waals surface area contributed by atoms with E-state index in [-0.39, 0.29) is 18.3 Å². The summed E-state index contributed by atoms with van der Waals surface area (Å²) in [6.45, 7) is 0.233. The number of amides is 1. The van der Waals surface area contributed by atoms with Gasteiger partial charge in [0, 0.05) is 19.2 Å². The quantitative estimate of drug-likeness (QED) is 0.564. The Morgan fingerprint density at radius 2 is 2.31 bits per heavy atom. The van der Waals surface area contributed by atoms with E-state index in [9.17, 15) is 14.9 Å². The number of nitrogens with zero attached hydrogens (tertiary/aromatic N) is 2. The second-order valence-corrected chi connectivity index (χ2v) is 3.56. The van der Waals surface area contributed by atoms with E-state index in [1.165, 1.54) is 17.0 Å². The number of rotatable bonds is 2. The summed E-state index contributed by atoms with van der Waals surface area (Å²) in [7, 11) is 1.61. The fourth-order valence-corrected chi connectivity index (χ4v) is 1.66. The summed E-state index contributed by atoms with van der Waals surface area (Å²) in [5, 5.41) is 10.6. The molecule has 1 aromatic rings. The standard InChI is InChI=1S/C10H10N2O4/c1-11-9(6-16-10(11)13)7-3-2-4-8(5-7)12(14)15/h2-5,9H,6H2,1H3. The number of cyclic esters (lactones) is 1. The summed E-state index contributed by atoms with van der Waals surface area (Å²) in [5.74, 6) is 0. The van der Waals surface area contributed by atoms with Crippen molar-refractivity contribution in [2.24, 2.45) is 0 Å². The second kappa shape index (κ2) is 3.80.